The number of para-hydroxylation sites is 1. The smallest absolute Gasteiger partial charge is 0.252 e. The molecule has 0 aliphatic carbocycles. The van der Waals surface area contributed by atoms with Crippen LogP contribution in [-0.2, 0) is 0 Å². The lowest BCUT2D eigenvalue weighted by Crippen LogP contribution is -2.52. The Hall–Kier alpha value is -1.53. The minimum atomic E-state index is -0.906. The number of nitrogens with one attached hydrogen (secondary N) is 3. The van der Waals surface area contributed by atoms with Gasteiger partial charge in [-0.15, -0.1) is 23.2 Å². The highest BCUT2D eigenvalue weighted by Gasteiger charge is 2.21. The molecule has 1 amide bonds. The molecule has 2 aromatic rings. The highest BCUT2D eigenvalue weighted by molar-refractivity contribution is 7.80. The molecule has 0 heterocycles. The molecular weight excluding hydrogens is 389 g/mol. The van der Waals surface area contributed by atoms with E-state index in [4.69, 9.17) is 47.0 Å². The molecule has 8 heteroatoms. The van der Waals surface area contributed by atoms with Crippen molar-refractivity contribution in [1.29, 1.82) is 0 Å². The molecule has 1 atom stereocenters. The van der Waals surface area contributed by atoms with E-state index in [9.17, 15) is 4.79 Å². The first kappa shape index (κ1) is 18.8. The molecule has 0 saturated heterocycles. The van der Waals surface area contributed by atoms with Crippen LogP contribution in [0.15, 0.2) is 54.6 Å². The number of hydrogen-bond acceptors (Lipinski definition) is 2. The van der Waals surface area contributed by atoms with Crippen molar-refractivity contribution in [2.45, 2.75) is 11.0 Å². The normalized spacial score (nSPS) is 11.7. The van der Waals surface area contributed by atoms with Crippen LogP contribution in [0, 0.1) is 0 Å². The molecule has 2 rings (SSSR count). The predicted molar refractivity (Wildman–Crippen MR) is 104 cm³/mol. The Kier molecular flexibility index (Phi) is 7.12. The summed E-state index contributed by atoms with van der Waals surface area (Å²) in [4.78, 5) is 11.3. The second kappa shape index (κ2) is 9.08. The van der Waals surface area contributed by atoms with Crippen molar-refractivity contribution in [2.75, 3.05) is 5.32 Å². The van der Waals surface area contributed by atoms with E-state index < -0.39 is 11.0 Å². The van der Waals surface area contributed by atoms with Gasteiger partial charge in [0.25, 0.3) is 5.91 Å². The minimum Gasteiger partial charge on any atom is -0.340 e. The second-order valence-electron chi connectivity index (χ2n) is 4.76. The first-order valence-corrected chi connectivity index (χ1v) is 8.59. The maximum Gasteiger partial charge on any atom is 0.252 e. The summed E-state index contributed by atoms with van der Waals surface area (Å²) in [7, 11) is 0. The Morgan fingerprint density at radius 2 is 1.58 bits per heavy atom. The van der Waals surface area contributed by atoms with E-state index in [1.165, 1.54) is 0 Å². The summed E-state index contributed by atoms with van der Waals surface area (Å²) in [5.41, 5.74) is 1.24. The van der Waals surface area contributed by atoms with Gasteiger partial charge in [-0.05, 0) is 48.6 Å². The fourth-order valence-corrected chi connectivity index (χ4v) is 2.44. The summed E-state index contributed by atoms with van der Waals surface area (Å²) < 4.78 is 0. The number of carbonyl (C=O) groups is 1. The zero-order chi connectivity index (χ0) is 17.5. The van der Waals surface area contributed by atoms with Gasteiger partial charge in [-0.1, -0.05) is 29.8 Å². The monoisotopic (exact) mass is 401 g/mol. The Balaban J connectivity index is 1.97. The highest BCUT2D eigenvalue weighted by atomic mass is 35.5. The molecule has 3 N–H and O–H groups in total. The first-order chi connectivity index (χ1) is 11.5. The molecular formula is C16H14Cl3N3OS. The van der Waals surface area contributed by atoms with Gasteiger partial charge < -0.3 is 16.0 Å². The third kappa shape index (κ3) is 5.83. The Morgan fingerprint density at radius 3 is 2.17 bits per heavy atom. The van der Waals surface area contributed by atoms with E-state index >= 15 is 0 Å². The van der Waals surface area contributed by atoms with Crippen molar-refractivity contribution in [1.82, 2.24) is 10.6 Å². The second-order valence-corrected chi connectivity index (χ2v) is 6.77. The van der Waals surface area contributed by atoms with Gasteiger partial charge in [-0.2, -0.15) is 0 Å². The summed E-state index contributed by atoms with van der Waals surface area (Å²) in [6.07, 6.45) is -0.764. The number of anilines is 1. The Morgan fingerprint density at radius 1 is 0.958 bits per heavy atom. The summed E-state index contributed by atoms with van der Waals surface area (Å²) in [5.74, 6) is -0.349. The quantitative estimate of drug-likeness (QED) is 0.399. The van der Waals surface area contributed by atoms with Crippen molar-refractivity contribution in [3.05, 3.63) is 65.2 Å². The summed E-state index contributed by atoms with van der Waals surface area (Å²) in [6.45, 7) is 0. The fourth-order valence-electron chi connectivity index (χ4n) is 1.82. The van der Waals surface area contributed by atoms with Crippen LogP contribution >= 0.6 is 47.0 Å². The maximum atomic E-state index is 12.2. The van der Waals surface area contributed by atoms with Crippen LogP contribution in [-0.4, -0.2) is 22.0 Å². The molecule has 4 nitrogen and oxygen atoms in total. The number of thiocarbonyl (C=S) groups is 1. The van der Waals surface area contributed by atoms with Crippen LogP contribution in [0.2, 0.25) is 5.02 Å². The standard InChI is InChI=1S/C16H14Cl3N3OS/c17-11-8-6-10(7-9-11)15(23)21-14(13(18)19)22-16(24)20-12-4-2-1-3-5-12/h1-9,13-14H,(H,21,23)(H2,20,22,24). The number of carbonyl (C=O) groups excluding carboxylic acids is 1. The van der Waals surface area contributed by atoms with Gasteiger partial charge >= 0.3 is 0 Å². The average molecular weight is 403 g/mol. The van der Waals surface area contributed by atoms with Gasteiger partial charge in [0.05, 0.1) is 0 Å². The molecule has 2 aromatic carbocycles. The SMILES string of the molecule is O=C(NC(NC(=S)Nc1ccccc1)C(Cl)Cl)c1ccc(Cl)cc1. The molecule has 0 aromatic heterocycles. The summed E-state index contributed by atoms with van der Waals surface area (Å²) in [5, 5.41) is 9.37. The zero-order valence-corrected chi connectivity index (χ0v) is 15.4. The van der Waals surface area contributed by atoms with Gasteiger partial charge in [0, 0.05) is 16.3 Å². The minimum absolute atomic E-state index is 0.286. The molecule has 0 spiro atoms. The maximum absolute atomic E-state index is 12.2. The van der Waals surface area contributed by atoms with Crippen molar-refractivity contribution in [3.63, 3.8) is 0 Å². The van der Waals surface area contributed by atoms with E-state index in [0.717, 1.165) is 5.69 Å². The first-order valence-electron chi connectivity index (χ1n) is 6.93. The van der Waals surface area contributed by atoms with Crippen molar-refractivity contribution in [2.24, 2.45) is 0 Å². The molecule has 0 saturated carbocycles. The van der Waals surface area contributed by atoms with Gasteiger partial charge in [-0.3, -0.25) is 4.79 Å². The lowest BCUT2D eigenvalue weighted by atomic mass is 10.2. The number of amides is 1. The fraction of sp³-hybridized carbons (Fsp3) is 0.125. The van der Waals surface area contributed by atoms with Gasteiger partial charge in [-0.25, -0.2) is 0 Å². The molecule has 0 fully saturated rings. The highest BCUT2D eigenvalue weighted by Crippen LogP contribution is 2.12. The van der Waals surface area contributed by atoms with E-state index in [0.29, 0.717) is 10.6 Å². The largest absolute Gasteiger partial charge is 0.340 e. The van der Waals surface area contributed by atoms with E-state index in [1.807, 2.05) is 30.3 Å². The van der Waals surface area contributed by atoms with E-state index in [1.54, 1.807) is 24.3 Å². The van der Waals surface area contributed by atoms with Crippen molar-refractivity contribution >= 4 is 63.7 Å². The number of hydrogen-bond donors (Lipinski definition) is 3. The Labute approximate surface area is 160 Å². The molecule has 1 unspecified atom stereocenters. The number of rotatable bonds is 5. The van der Waals surface area contributed by atoms with Crippen molar-refractivity contribution < 1.29 is 4.79 Å². The third-order valence-corrected chi connectivity index (χ3v) is 3.94. The predicted octanol–water partition coefficient (Wildman–Crippen LogP) is 4.19. The van der Waals surface area contributed by atoms with Crippen LogP contribution in [0.3, 0.4) is 0 Å². The number of halogens is 3. The van der Waals surface area contributed by atoms with E-state index in [2.05, 4.69) is 16.0 Å². The van der Waals surface area contributed by atoms with E-state index in [-0.39, 0.29) is 11.0 Å². The average Bonchev–Trinajstić information content (AvgIpc) is 2.55. The third-order valence-electron chi connectivity index (χ3n) is 2.96. The van der Waals surface area contributed by atoms with Crippen LogP contribution in [0.4, 0.5) is 5.69 Å². The zero-order valence-electron chi connectivity index (χ0n) is 12.3. The van der Waals surface area contributed by atoms with Crippen LogP contribution in [0.5, 0.6) is 0 Å². The Bertz CT molecular complexity index is 695. The van der Waals surface area contributed by atoms with Crippen LogP contribution < -0.4 is 16.0 Å². The lowest BCUT2D eigenvalue weighted by molar-refractivity contribution is 0.0936. The van der Waals surface area contributed by atoms with Gasteiger partial charge in [0.2, 0.25) is 0 Å². The molecule has 0 bridgehead atoms. The van der Waals surface area contributed by atoms with Gasteiger partial charge in [0.15, 0.2) is 5.11 Å². The molecule has 24 heavy (non-hydrogen) atoms. The summed E-state index contributed by atoms with van der Waals surface area (Å²) in [6, 6.07) is 15.8. The van der Waals surface area contributed by atoms with Crippen LogP contribution in [0.1, 0.15) is 10.4 Å². The molecule has 0 aliphatic rings. The topological polar surface area (TPSA) is 53.2 Å². The number of benzene rings is 2. The van der Waals surface area contributed by atoms with Gasteiger partial charge in [0.1, 0.15) is 11.0 Å². The number of alkyl halides is 2. The summed E-state index contributed by atoms with van der Waals surface area (Å²) >= 11 is 22.9. The molecule has 0 aliphatic heterocycles. The molecule has 126 valence electrons. The van der Waals surface area contributed by atoms with Crippen molar-refractivity contribution in [3.8, 4) is 0 Å². The lowest BCUT2D eigenvalue weighted by Gasteiger charge is -2.23. The molecule has 0 radical (unpaired) electrons. The van der Waals surface area contributed by atoms with Crippen LogP contribution in [0.25, 0.3) is 0 Å².